The Morgan fingerprint density at radius 3 is 2.66 bits per heavy atom. The number of halogens is 2. The summed E-state index contributed by atoms with van der Waals surface area (Å²) in [6.45, 7) is 0. The van der Waals surface area contributed by atoms with Crippen molar-refractivity contribution in [3.63, 3.8) is 0 Å². The third kappa shape index (κ3) is 4.09. The maximum atomic E-state index is 11.8. The van der Waals surface area contributed by atoms with Crippen molar-refractivity contribution in [2.75, 3.05) is 5.32 Å². The molecule has 4 rings (SSSR count). The van der Waals surface area contributed by atoms with E-state index < -0.39 is 4.92 Å². The highest BCUT2D eigenvalue weighted by atomic mass is 35.5. The van der Waals surface area contributed by atoms with Gasteiger partial charge in [0, 0.05) is 21.5 Å². The topological polar surface area (TPSA) is 93.8 Å². The lowest BCUT2D eigenvalue weighted by Gasteiger charge is -2.10. The predicted molar refractivity (Wildman–Crippen MR) is 114 cm³/mol. The van der Waals surface area contributed by atoms with Crippen LogP contribution in [0, 0.1) is 10.1 Å². The molecular weight excluding hydrogens is 433 g/mol. The van der Waals surface area contributed by atoms with Gasteiger partial charge >= 0.3 is 5.69 Å². The van der Waals surface area contributed by atoms with E-state index in [0.29, 0.717) is 15.7 Å². The molecule has 0 aliphatic carbocycles. The summed E-state index contributed by atoms with van der Waals surface area (Å²) < 4.78 is 0. The summed E-state index contributed by atoms with van der Waals surface area (Å²) >= 11 is 13.2. The van der Waals surface area contributed by atoms with Crippen LogP contribution in [0.4, 0.5) is 17.2 Å². The van der Waals surface area contributed by atoms with Gasteiger partial charge in [-0.25, -0.2) is 9.97 Å². The largest absolute Gasteiger partial charge is 0.343 e. The molecule has 0 unspecified atom stereocenters. The number of aromatic nitrogens is 3. The zero-order valence-electron chi connectivity index (χ0n) is 14.5. The van der Waals surface area contributed by atoms with Gasteiger partial charge in [-0.3, -0.25) is 15.1 Å². The predicted octanol–water partition coefficient (Wildman–Crippen LogP) is 6.13. The number of nitrogens with one attached hydrogen (secondary N) is 1. The summed E-state index contributed by atoms with van der Waals surface area (Å²) in [7, 11) is 0. The molecule has 0 bridgehead atoms. The van der Waals surface area contributed by atoms with Crippen LogP contribution in [0.2, 0.25) is 10.0 Å². The van der Waals surface area contributed by atoms with Gasteiger partial charge in [-0.2, -0.15) is 0 Å². The van der Waals surface area contributed by atoms with E-state index in [0.717, 1.165) is 27.6 Å². The first-order chi connectivity index (χ1) is 14.0. The van der Waals surface area contributed by atoms with Gasteiger partial charge in [0.2, 0.25) is 5.82 Å². The molecular formula is C19H11Cl2N5O2S. The van der Waals surface area contributed by atoms with Crippen LogP contribution in [0.5, 0.6) is 0 Å². The van der Waals surface area contributed by atoms with Gasteiger partial charge in [-0.05, 0) is 30.3 Å². The van der Waals surface area contributed by atoms with E-state index in [9.17, 15) is 10.1 Å². The lowest BCUT2D eigenvalue weighted by Crippen LogP contribution is -2.03. The summed E-state index contributed by atoms with van der Waals surface area (Å²) in [6.07, 6.45) is 2.94. The Morgan fingerprint density at radius 2 is 1.86 bits per heavy atom. The van der Waals surface area contributed by atoms with E-state index in [4.69, 9.17) is 23.2 Å². The average molecular weight is 444 g/mol. The summed E-state index contributed by atoms with van der Waals surface area (Å²) in [5.74, 6) is 0.0323. The van der Waals surface area contributed by atoms with E-state index in [-0.39, 0.29) is 16.5 Å². The van der Waals surface area contributed by atoms with Gasteiger partial charge in [-0.1, -0.05) is 53.2 Å². The second-order valence-corrected chi connectivity index (χ2v) is 7.69. The van der Waals surface area contributed by atoms with Crippen molar-refractivity contribution in [3.8, 4) is 0 Å². The molecule has 0 aliphatic heterocycles. The van der Waals surface area contributed by atoms with Crippen LogP contribution in [-0.4, -0.2) is 19.9 Å². The molecule has 0 aliphatic rings. The summed E-state index contributed by atoms with van der Waals surface area (Å²) in [6, 6.07) is 14.2. The smallest absolute Gasteiger partial charge is 0.333 e. The summed E-state index contributed by atoms with van der Waals surface area (Å²) in [5.41, 5.74) is 0.931. The summed E-state index contributed by atoms with van der Waals surface area (Å²) in [4.78, 5) is 24.6. The van der Waals surface area contributed by atoms with Crippen LogP contribution in [0.25, 0.3) is 10.9 Å². The van der Waals surface area contributed by atoms with E-state index in [1.165, 1.54) is 12.4 Å². The molecule has 0 radical (unpaired) electrons. The average Bonchev–Trinajstić information content (AvgIpc) is 2.70. The second kappa shape index (κ2) is 8.20. The minimum atomic E-state index is -0.521. The van der Waals surface area contributed by atoms with E-state index >= 15 is 0 Å². The van der Waals surface area contributed by atoms with E-state index in [1.807, 2.05) is 30.3 Å². The number of nitro groups is 1. The number of hydrogen-bond donors (Lipinski definition) is 1. The molecule has 29 heavy (non-hydrogen) atoms. The first-order valence-electron chi connectivity index (χ1n) is 8.26. The number of fused-ring (bicyclic) bond motifs is 1. The van der Waals surface area contributed by atoms with Gasteiger partial charge in [0.15, 0.2) is 5.03 Å². The van der Waals surface area contributed by atoms with Crippen LogP contribution in [0.3, 0.4) is 0 Å². The van der Waals surface area contributed by atoms with Gasteiger partial charge in [0.05, 0.1) is 21.2 Å². The molecule has 0 fully saturated rings. The molecule has 10 heteroatoms. The number of para-hydroxylation sites is 1. The number of pyridine rings is 1. The molecule has 4 aromatic rings. The monoisotopic (exact) mass is 443 g/mol. The van der Waals surface area contributed by atoms with Crippen molar-refractivity contribution in [1.29, 1.82) is 0 Å². The Kier molecular flexibility index (Phi) is 5.48. The Balaban J connectivity index is 1.76. The van der Waals surface area contributed by atoms with Crippen molar-refractivity contribution in [2.24, 2.45) is 0 Å². The zero-order chi connectivity index (χ0) is 20.4. The second-order valence-electron chi connectivity index (χ2n) is 5.82. The van der Waals surface area contributed by atoms with Gasteiger partial charge in [0.25, 0.3) is 0 Å². The number of nitrogens with zero attached hydrogens (tertiary/aromatic N) is 4. The highest BCUT2D eigenvalue weighted by molar-refractivity contribution is 7.99. The van der Waals surface area contributed by atoms with Crippen molar-refractivity contribution in [1.82, 2.24) is 15.0 Å². The Labute approximate surface area is 179 Å². The van der Waals surface area contributed by atoms with E-state index in [1.54, 1.807) is 18.3 Å². The fraction of sp³-hybridized carbons (Fsp3) is 0. The van der Waals surface area contributed by atoms with Gasteiger partial charge in [0.1, 0.15) is 6.33 Å². The SMILES string of the molecule is O=[N+]([O-])c1c(Nc2ccc(Cl)cc2Cl)ncnc1Sc1cccc2cccnc12. The minimum absolute atomic E-state index is 0.0323. The lowest BCUT2D eigenvalue weighted by molar-refractivity contribution is -0.387. The Hall–Kier alpha value is -2.94. The fourth-order valence-electron chi connectivity index (χ4n) is 2.67. The lowest BCUT2D eigenvalue weighted by atomic mass is 10.2. The number of benzene rings is 2. The van der Waals surface area contributed by atoms with Crippen LogP contribution in [-0.2, 0) is 0 Å². The molecule has 2 aromatic heterocycles. The number of anilines is 2. The molecule has 144 valence electrons. The molecule has 2 aromatic carbocycles. The first-order valence-corrected chi connectivity index (χ1v) is 9.83. The van der Waals surface area contributed by atoms with Crippen LogP contribution in [0.1, 0.15) is 0 Å². The molecule has 2 heterocycles. The highest BCUT2D eigenvalue weighted by Crippen LogP contribution is 2.40. The standard InChI is InChI=1S/C19H11Cl2N5O2S/c20-12-6-7-14(13(21)9-12)25-18-17(26(27)28)19(24-10-23-18)29-15-5-1-3-11-4-2-8-22-16(11)15/h1-10H,(H,23,24,25). The summed E-state index contributed by atoms with van der Waals surface area (Å²) in [5, 5.41) is 16.6. The molecule has 0 atom stereocenters. The van der Waals surface area contributed by atoms with Crippen LogP contribution >= 0.6 is 35.0 Å². The minimum Gasteiger partial charge on any atom is -0.333 e. The maximum Gasteiger partial charge on any atom is 0.343 e. The van der Waals surface area contributed by atoms with E-state index in [2.05, 4.69) is 20.3 Å². The molecule has 7 nitrogen and oxygen atoms in total. The Bertz CT molecular complexity index is 1230. The number of rotatable bonds is 5. The van der Waals surface area contributed by atoms with Crippen LogP contribution < -0.4 is 5.32 Å². The Morgan fingerprint density at radius 1 is 1.03 bits per heavy atom. The maximum absolute atomic E-state index is 11.8. The van der Waals surface area contributed by atoms with Crippen molar-refractivity contribution in [2.45, 2.75) is 9.92 Å². The first kappa shape index (κ1) is 19.4. The molecule has 0 saturated carbocycles. The van der Waals surface area contributed by atoms with Gasteiger partial charge < -0.3 is 5.32 Å². The van der Waals surface area contributed by atoms with Crippen LogP contribution in [0.15, 0.2) is 71.0 Å². The third-order valence-corrected chi connectivity index (χ3v) is 5.55. The normalized spacial score (nSPS) is 10.8. The molecule has 0 saturated heterocycles. The molecule has 0 amide bonds. The van der Waals surface area contributed by atoms with Gasteiger partial charge in [-0.15, -0.1) is 0 Å². The molecule has 1 N–H and O–H groups in total. The molecule has 0 spiro atoms. The fourth-order valence-corrected chi connectivity index (χ4v) is 4.12. The van der Waals surface area contributed by atoms with Crippen molar-refractivity contribution < 1.29 is 4.92 Å². The van der Waals surface area contributed by atoms with Crippen molar-refractivity contribution in [3.05, 3.63) is 81.2 Å². The van der Waals surface area contributed by atoms with Crippen molar-refractivity contribution >= 4 is 63.1 Å². The quantitative estimate of drug-likeness (QED) is 0.225. The number of hydrogen-bond acceptors (Lipinski definition) is 7. The zero-order valence-corrected chi connectivity index (χ0v) is 16.9. The third-order valence-electron chi connectivity index (χ3n) is 3.96. The highest BCUT2D eigenvalue weighted by Gasteiger charge is 2.25.